The first-order chi connectivity index (χ1) is 11.8. The third-order valence-electron chi connectivity index (χ3n) is 5.39. The van der Waals surface area contributed by atoms with Crippen LogP contribution in [0, 0.1) is 0 Å². The first-order valence-electron chi connectivity index (χ1n) is 9.08. The molecule has 0 radical (unpaired) electrons. The summed E-state index contributed by atoms with van der Waals surface area (Å²) in [6, 6.07) is 0. The predicted octanol–water partition coefficient (Wildman–Crippen LogP) is 1.35. The van der Waals surface area contributed by atoms with Crippen molar-refractivity contribution in [2.75, 3.05) is 59.4 Å². The molecule has 3 aliphatic heterocycles. The molecule has 0 saturated carbocycles. The molecule has 0 bridgehead atoms. The zero-order valence-corrected chi connectivity index (χ0v) is 15.8. The first-order valence-corrected chi connectivity index (χ1v) is 10.3. The molecule has 6 nitrogen and oxygen atoms in total. The molecular formula is C17H31N3O3S. The van der Waals surface area contributed by atoms with Gasteiger partial charge in [-0.25, -0.2) is 0 Å². The van der Waals surface area contributed by atoms with Gasteiger partial charge in [0.1, 0.15) is 6.10 Å². The van der Waals surface area contributed by atoms with E-state index in [-0.39, 0.29) is 17.0 Å². The third-order valence-corrected chi connectivity index (χ3v) is 6.81. The van der Waals surface area contributed by atoms with Gasteiger partial charge in [-0.2, -0.15) is 11.8 Å². The molecule has 138 valence electrons. The van der Waals surface area contributed by atoms with Gasteiger partial charge in [0.25, 0.3) is 0 Å². The molecule has 0 spiro atoms. The van der Waals surface area contributed by atoms with E-state index >= 15 is 0 Å². The number of guanidine groups is 1. The van der Waals surface area contributed by atoms with Crippen LogP contribution in [0.1, 0.15) is 25.7 Å². The van der Waals surface area contributed by atoms with Crippen LogP contribution in [0.2, 0.25) is 0 Å². The molecule has 0 aromatic rings. The number of nitrogens with one attached hydrogen (secondary N) is 1. The number of nitrogens with zero attached hydrogens (tertiary/aromatic N) is 2. The molecule has 3 fully saturated rings. The Morgan fingerprint density at radius 3 is 2.67 bits per heavy atom. The fourth-order valence-corrected chi connectivity index (χ4v) is 4.55. The summed E-state index contributed by atoms with van der Waals surface area (Å²) in [5.41, 5.74) is 0. The van der Waals surface area contributed by atoms with Gasteiger partial charge in [0.05, 0.1) is 12.7 Å². The Balaban J connectivity index is 1.55. The average molecular weight is 358 g/mol. The monoisotopic (exact) mass is 357 g/mol. The molecule has 0 aromatic heterocycles. The van der Waals surface area contributed by atoms with Gasteiger partial charge in [0, 0.05) is 51.2 Å². The Bertz CT molecular complexity index is 423. The molecule has 3 aliphatic rings. The smallest absolute Gasteiger partial charge is 0.193 e. The lowest BCUT2D eigenvalue weighted by Crippen LogP contribution is -2.55. The molecule has 1 N–H and O–H groups in total. The van der Waals surface area contributed by atoms with E-state index in [4.69, 9.17) is 14.2 Å². The van der Waals surface area contributed by atoms with Crippen molar-refractivity contribution >= 4 is 17.7 Å². The zero-order valence-electron chi connectivity index (χ0n) is 15.0. The lowest BCUT2D eigenvalue weighted by atomic mass is 9.99. The Morgan fingerprint density at radius 2 is 2.00 bits per heavy atom. The molecule has 7 heteroatoms. The van der Waals surface area contributed by atoms with E-state index in [1.807, 2.05) is 18.8 Å². The van der Waals surface area contributed by atoms with Gasteiger partial charge in [-0.3, -0.25) is 4.99 Å². The number of morpholine rings is 1. The summed E-state index contributed by atoms with van der Waals surface area (Å²) in [5, 5.41) is 3.61. The minimum absolute atomic E-state index is 0.164. The summed E-state index contributed by atoms with van der Waals surface area (Å²) >= 11 is 1.95. The summed E-state index contributed by atoms with van der Waals surface area (Å²) in [5.74, 6) is 0.987. The van der Waals surface area contributed by atoms with Gasteiger partial charge in [0.2, 0.25) is 0 Å². The molecule has 2 atom stereocenters. The van der Waals surface area contributed by atoms with E-state index in [0.717, 1.165) is 77.7 Å². The van der Waals surface area contributed by atoms with Gasteiger partial charge in [0.15, 0.2) is 5.96 Å². The maximum absolute atomic E-state index is 5.95. The van der Waals surface area contributed by atoms with Gasteiger partial charge in [-0.05, 0) is 31.9 Å². The topological polar surface area (TPSA) is 55.3 Å². The number of hydrogen-bond donors (Lipinski definition) is 1. The molecule has 24 heavy (non-hydrogen) atoms. The molecular weight excluding hydrogens is 326 g/mol. The molecule has 0 aromatic carbocycles. The second kappa shape index (κ2) is 8.74. The summed E-state index contributed by atoms with van der Waals surface area (Å²) in [6.07, 6.45) is 7.07. The van der Waals surface area contributed by atoms with Crippen LogP contribution in [0.4, 0.5) is 0 Å². The maximum atomic E-state index is 5.95. The first kappa shape index (κ1) is 18.3. The second-order valence-corrected chi connectivity index (χ2v) is 8.08. The largest absolute Gasteiger partial charge is 0.381 e. The minimum atomic E-state index is 0.164. The Morgan fingerprint density at radius 1 is 1.21 bits per heavy atom. The van der Waals surface area contributed by atoms with E-state index in [1.165, 1.54) is 0 Å². The van der Waals surface area contributed by atoms with Crippen LogP contribution in [0.5, 0.6) is 0 Å². The fourth-order valence-electron chi connectivity index (χ4n) is 3.76. The van der Waals surface area contributed by atoms with Crippen molar-refractivity contribution in [3.05, 3.63) is 0 Å². The second-order valence-electron chi connectivity index (χ2n) is 6.81. The third kappa shape index (κ3) is 4.36. The Kier molecular flexibility index (Phi) is 6.66. The van der Waals surface area contributed by atoms with E-state index in [9.17, 15) is 0 Å². The van der Waals surface area contributed by atoms with Crippen LogP contribution in [-0.4, -0.2) is 87.2 Å². The van der Waals surface area contributed by atoms with E-state index in [1.54, 1.807) is 0 Å². The lowest BCUT2D eigenvalue weighted by molar-refractivity contribution is -0.0817. The maximum Gasteiger partial charge on any atom is 0.193 e. The van der Waals surface area contributed by atoms with Crippen LogP contribution in [0.25, 0.3) is 0 Å². The highest BCUT2D eigenvalue weighted by Gasteiger charge is 2.34. The van der Waals surface area contributed by atoms with E-state index in [0.29, 0.717) is 0 Å². The van der Waals surface area contributed by atoms with Crippen molar-refractivity contribution in [2.45, 2.75) is 42.6 Å². The normalized spacial score (nSPS) is 31.2. The minimum Gasteiger partial charge on any atom is -0.381 e. The molecule has 3 rings (SSSR count). The number of rotatable bonds is 4. The van der Waals surface area contributed by atoms with Crippen molar-refractivity contribution in [1.29, 1.82) is 0 Å². The zero-order chi connectivity index (χ0) is 16.8. The van der Waals surface area contributed by atoms with Crippen molar-refractivity contribution in [3.8, 4) is 0 Å². The van der Waals surface area contributed by atoms with E-state index < -0.39 is 0 Å². The standard InChI is InChI=1S/C17H31N3O3S/c1-18-16(19-13-17(24-2)5-9-21-10-6-17)20-7-11-23-15(12-20)14-4-3-8-22-14/h14-15H,3-13H2,1-2H3,(H,18,19). The summed E-state index contributed by atoms with van der Waals surface area (Å²) in [7, 11) is 1.87. The Hall–Kier alpha value is -0.500. The van der Waals surface area contributed by atoms with E-state index in [2.05, 4.69) is 21.5 Å². The van der Waals surface area contributed by atoms with Crippen molar-refractivity contribution in [3.63, 3.8) is 0 Å². The fraction of sp³-hybridized carbons (Fsp3) is 0.941. The molecule has 3 saturated heterocycles. The predicted molar refractivity (Wildman–Crippen MR) is 97.9 cm³/mol. The molecule has 0 amide bonds. The van der Waals surface area contributed by atoms with Crippen LogP contribution in [0.3, 0.4) is 0 Å². The SMILES string of the molecule is CN=C(NCC1(SC)CCOCC1)N1CCOC(C2CCCO2)C1. The lowest BCUT2D eigenvalue weighted by Gasteiger charge is -2.40. The highest BCUT2D eigenvalue weighted by atomic mass is 32.2. The van der Waals surface area contributed by atoms with Crippen LogP contribution >= 0.6 is 11.8 Å². The highest BCUT2D eigenvalue weighted by molar-refractivity contribution is 8.00. The number of ether oxygens (including phenoxy) is 3. The number of hydrogen-bond acceptors (Lipinski definition) is 5. The number of aliphatic imine (C=N–C) groups is 1. The van der Waals surface area contributed by atoms with Crippen molar-refractivity contribution in [1.82, 2.24) is 10.2 Å². The van der Waals surface area contributed by atoms with Crippen molar-refractivity contribution < 1.29 is 14.2 Å². The van der Waals surface area contributed by atoms with Gasteiger partial charge in [-0.15, -0.1) is 0 Å². The average Bonchev–Trinajstić information content (AvgIpc) is 3.18. The van der Waals surface area contributed by atoms with Crippen molar-refractivity contribution in [2.24, 2.45) is 4.99 Å². The molecule has 0 aliphatic carbocycles. The molecule has 3 heterocycles. The highest BCUT2D eigenvalue weighted by Crippen LogP contribution is 2.33. The van der Waals surface area contributed by atoms with Gasteiger partial charge < -0.3 is 24.4 Å². The van der Waals surface area contributed by atoms with Crippen LogP contribution in [-0.2, 0) is 14.2 Å². The Labute approximate surface area is 149 Å². The number of thioether (sulfide) groups is 1. The van der Waals surface area contributed by atoms with Crippen LogP contribution in [0.15, 0.2) is 4.99 Å². The molecule has 2 unspecified atom stereocenters. The summed E-state index contributed by atoms with van der Waals surface area (Å²) < 4.78 is 17.6. The summed E-state index contributed by atoms with van der Waals surface area (Å²) in [6.45, 7) is 6.02. The van der Waals surface area contributed by atoms with Gasteiger partial charge in [-0.1, -0.05) is 0 Å². The van der Waals surface area contributed by atoms with Crippen LogP contribution < -0.4 is 5.32 Å². The van der Waals surface area contributed by atoms with Gasteiger partial charge >= 0.3 is 0 Å². The quantitative estimate of drug-likeness (QED) is 0.606. The summed E-state index contributed by atoms with van der Waals surface area (Å²) in [4.78, 5) is 6.84.